The second-order valence-corrected chi connectivity index (χ2v) is 6.25. The van der Waals surface area contributed by atoms with Gasteiger partial charge >= 0.3 is 0 Å². The van der Waals surface area contributed by atoms with Crippen molar-refractivity contribution in [3.8, 4) is 5.75 Å². The predicted octanol–water partition coefficient (Wildman–Crippen LogP) is 3.53. The fraction of sp³-hybridized carbons (Fsp3) is 0.667. The molecule has 1 aliphatic heterocycles. The van der Waals surface area contributed by atoms with Crippen molar-refractivity contribution in [3.05, 3.63) is 29.3 Å². The molecule has 0 amide bonds. The Labute approximate surface area is 129 Å². The summed E-state index contributed by atoms with van der Waals surface area (Å²) in [6.45, 7) is 10.3. The minimum Gasteiger partial charge on any atom is -0.496 e. The molecule has 21 heavy (non-hydrogen) atoms. The van der Waals surface area contributed by atoms with E-state index in [0.717, 1.165) is 5.75 Å². The van der Waals surface area contributed by atoms with Crippen LogP contribution in [0, 0.1) is 6.92 Å². The number of aryl methyl sites for hydroxylation is 1. The van der Waals surface area contributed by atoms with Crippen molar-refractivity contribution in [2.45, 2.75) is 52.1 Å². The van der Waals surface area contributed by atoms with Crippen LogP contribution in [0.15, 0.2) is 18.2 Å². The lowest BCUT2D eigenvalue weighted by Gasteiger charge is -2.34. The second kappa shape index (κ2) is 7.81. The minimum atomic E-state index is 0.336. The summed E-state index contributed by atoms with van der Waals surface area (Å²) in [7, 11) is 1.75. The third-order valence-corrected chi connectivity index (χ3v) is 4.46. The smallest absolute Gasteiger partial charge is 0.123 e. The summed E-state index contributed by atoms with van der Waals surface area (Å²) in [5.74, 6) is 0.990. The Balaban J connectivity index is 1.93. The largest absolute Gasteiger partial charge is 0.496 e. The molecule has 2 rings (SSSR count). The van der Waals surface area contributed by atoms with E-state index in [4.69, 9.17) is 4.74 Å². The molecule has 1 fully saturated rings. The molecule has 1 heterocycles. The van der Waals surface area contributed by atoms with Gasteiger partial charge in [0, 0.05) is 17.6 Å². The van der Waals surface area contributed by atoms with Crippen LogP contribution in [0.4, 0.5) is 0 Å². The van der Waals surface area contributed by atoms with Crippen LogP contribution in [0.2, 0.25) is 0 Å². The Bertz CT molecular complexity index is 439. The first-order valence-electron chi connectivity index (χ1n) is 8.27. The molecule has 1 saturated heterocycles. The van der Waals surface area contributed by atoms with Crippen LogP contribution in [-0.2, 0) is 0 Å². The monoisotopic (exact) mass is 290 g/mol. The Kier molecular flexibility index (Phi) is 6.07. The Morgan fingerprint density at radius 1 is 1.33 bits per heavy atom. The molecular formula is C18H30N2O. The number of methoxy groups -OCH3 is 1. The lowest BCUT2D eigenvalue weighted by atomic mass is 10.00. The highest BCUT2D eigenvalue weighted by atomic mass is 16.5. The molecule has 1 aromatic carbocycles. The van der Waals surface area contributed by atoms with Crippen LogP contribution in [-0.4, -0.2) is 37.7 Å². The number of ether oxygens (including phenoxy) is 1. The highest BCUT2D eigenvalue weighted by molar-refractivity contribution is 5.38. The van der Waals surface area contributed by atoms with Crippen molar-refractivity contribution >= 4 is 0 Å². The molecule has 1 aromatic rings. The van der Waals surface area contributed by atoms with Crippen LogP contribution in [0.3, 0.4) is 0 Å². The maximum Gasteiger partial charge on any atom is 0.123 e. The molecule has 0 aliphatic carbocycles. The normalized spacial score (nSPS) is 18.7. The summed E-state index contributed by atoms with van der Waals surface area (Å²) in [5, 5.41) is 3.79. The van der Waals surface area contributed by atoms with Crippen molar-refractivity contribution in [2.24, 2.45) is 0 Å². The van der Waals surface area contributed by atoms with Crippen molar-refractivity contribution in [3.63, 3.8) is 0 Å². The predicted molar refractivity (Wildman–Crippen MR) is 89.0 cm³/mol. The zero-order valence-corrected chi connectivity index (χ0v) is 14.0. The number of hydrogen-bond donors (Lipinski definition) is 1. The molecule has 1 aliphatic rings. The van der Waals surface area contributed by atoms with Crippen molar-refractivity contribution in [1.82, 2.24) is 10.2 Å². The molecule has 0 radical (unpaired) electrons. The number of rotatable bonds is 6. The minimum absolute atomic E-state index is 0.336. The molecule has 0 bridgehead atoms. The zero-order valence-electron chi connectivity index (χ0n) is 14.0. The van der Waals surface area contributed by atoms with E-state index in [0.29, 0.717) is 12.1 Å². The average Bonchev–Trinajstić information content (AvgIpc) is 2.49. The first-order chi connectivity index (χ1) is 10.1. The van der Waals surface area contributed by atoms with Gasteiger partial charge in [-0.05, 0) is 58.8 Å². The van der Waals surface area contributed by atoms with E-state index in [1.807, 2.05) is 0 Å². The van der Waals surface area contributed by atoms with E-state index in [1.54, 1.807) is 7.11 Å². The van der Waals surface area contributed by atoms with Gasteiger partial charge in [0.05, 0.1) is 7.11 Å². The molecule has 0 saturated carbocycles. The fourth-order valence-electron chi connectivity index (χ4n) is 3.27. The van der Waals surface area contributed by atoms with Gasteiger partial charge in [0.2, 0.25) is 0 Å². The van der Waals surface area contributed by atoms with E-state index in [1.165, 1.54) is 50.0 Å². The summed E-state index contributed by atoms with van der Waals surface area (Å²) in [5.41, 5.74) is 2.56. The van der Waals surface area contributed by atoms with Gasteiger partial charge in [-0.2, -0.15) is 0 Å². The summed E-state index contributed by atoms with van der Waals surface area (Å²) in [4.78, 5) is 2.58. The van der Waals surface area contributed by atoms with Gasteiger partial charge in [-0.25, -0.2) is 0 Å². The highest BCUT2D eigenvalue weighted by Crippen LogP contribution is 2.27. The second-order valence-electron chi connectivity index (χ2n) is 6.25. The number of nitrogens with one attached hydrogen (secondary N) is 1. The molecule has 3 heteroatoms. The van der Waals surface area contributed by atoms with Crippen molar-refractivity contribution < 1.29 is 4.74 Å². The van der Waals surface area contributed by atoms with Crippen molar-refractivity contribution in [1.29, 1.82) is 0 Å². The maximum absolute atomic E-state index is 5.51. The number of benzene rings is 1. The van der Waals surface area contributed by atoms with Crippen LogP contribution >= 0.6 is 0 Å². The maximum atomic E-state index is 5.51. The van der Waals surface area contributed by atoms with Gasteiger partial charge in [-0.1, -0.05) is 24.6 Å². The molecular weight excluding hydrogens is 260 g/mol. The zero-order chi connectivity index (χ0) is 15.2. The third-order valence-electron chi connectivity index (χ3n) is 4.46. The number of piperidine rings is 1. The first kappa shape index (κ1) is 16.3. The number of likely N-dealkylation sites (tertiary alicyclic amines) is 1. The first-order valence-corrected chi connectivity index (χ1v) is 8.27. The van der Waals surface area contributed by atoms with Gasteiger partial charge in [-0.3, -0.25) is 0 Å². The Hall–Kier alpha value is -1.06. The topological polar surface area (TPSA) is 24.5 Å². The van der Waals surface area contributed by atoms with Crippen molar-refractivity contribution in [2.75, 3.05) is 26.7 Å². The Morgan fingerprint density at radius 2 is 2.05 bits per heavy atom. The van der Waals surface area contributed by atoms with Crippen LogP contribution in [0.5, 0.6) is 5.75 Å². The molecule has 0 aromatic heterocycles. The lowest BCUT2D eigenvalue weighted by molar-refractivity contribution is 0.192. The van der Waals surface area contributed by atoms with Crippen LogP contribution in [0.25, 0.3) is 0 Å². The summed E-state index contributed by atoms with van der Waals surface area (Å²) in [6.07, 6.45) is 3.76. The third kappa shape index (κ3) is 4.45. The summed E-state index contributed by atoms with van der Waals surface area (Å²) < 4.78 is 5.51. The molecule has 1 N–H and O–H groups in total. The van der Waals surface area contributed by atoms with Gasteiger partial charge < -0.3 is 15.0 Å². The average molecular weight is 290 g/mol. The van der Waals surface area contributed by atoms with E-state index in [2.05, 4.69) is 49.2 Å². The molecule has 0 spiro atoms. The SMILES string of the molecule is CCCN1CCC(NC(C)c2cc(C)ccc2OC)CC1. The van der Waals surface area contributed by atoms with Gasteiger partial charge in [0.15, 0.2) is 0 Å². The van der Waals surface area contributed by atoms with E-state index >= 15 is 0 Å². The lowest BCUT2D eigenvalue weighted by Crippen LogP contribution is -2.43. The molecule has 3 nitrogen and oxygen atoms in total. The van der Waals surface area contributed by atoms with Gasteiger partial charge in [0.1, 0.15) is 5.75 Å². The van der Waals surface area contributed by atoms with E-state index in [-0.39, 0.29) is 0 Å². The summed E-state index contributed by atoms with van der Waals surface area (Å²) in [6, 6.07) is 7.38. The van der Waals surface area contributed by atoms with E-state index < -0.39 is 0 Å². The molecule has 1 unspecified atom stereocenters. The fourth-order valence-corrected chi connectivity index (χ4v) is 3.27. The van der Waals surface area contributed by atoms with Gasteiger partial charge in [0.25, 0.3) is 0 Å². The van der Waals surface area contributed by atoms with Crippen LogP contribution in [0.1, 0.15) is 50.3 Å². The highest BCUT2D eigenvalue weighted by Gasteiger charge is 2.21. The number of hydrogen-bond acceptors (Lipinski definition) is 3. The quantitative estimate of drug-likeness (QED) is 0.867. The number of nitrogens with zero attached hydrogens (tertiary/aromatic N) is 1. The van der Waals surface area contributed by atoms with Gasteiger partial charge in [-0.15, -0.1) is 0 Å². The standard InChI is InChI=1S/C18H30N2O/c1-5-10-20-11-8-16(9-12-20)19-15(3)17-13-14(2)6-7-18(17)21-4/h6-7,13,15-16,19H,5,8-12H2,1-4H3. The Morgan fingerprint density at radius 3 is 2.67 bits per heavy atom. The molecule has 118 valence electrons. The molecule has 1 atom stereocenters. The summed E-state index contributed by atoms with van der Waals surface area (Å²) >= 11 is 0. The van der Waals surface area contributed by atoms with Crippen LogP contribution < -0.4 is 10.1 Å². The van der Waals surface area contributed by atoms with E-state index in [9.17, 15) is 0 Å².